The van der Waals surface area contributed by atoms with Crippen LogP contribution in [0.4, 0.5) is 4.39 Å². The van der Waals surface area contributed by atoms with Gasteiger partial charge in [0.15, 0.2) is 11.5 Å². The van der Waals surface area contributed by atoms with Gasteiger partial charge in [-0.25, -0.2) is 18.2 Å². The summed E-state index contributed by atoms with van der Waals surface area (Å²) in [6, 6.07) is 19.6. The Morgan fingerprint density at radius 2 is 1.59 bits per heavy atom. The topological polar surface area (TPSA) is 76.7 Å². The number of rotatable bonds is 9. The fourth-order valence-corrected chi connectivity index (χ4v) is 3.57. The Morgan fingerprint density at radius 1 is 0.897 bits per heavy atom. The third-order valence-corrected chi connectivity index (χ3v) is 5.45. The number of methoxy groups -OCH3 is 1. The minimum absolute atomic E-state index is 0.00971. The Bertz CT molecular complexity index is 1060. The summed E-state index contributed by atoms with van der Waals surface area (Å²) in [7, 11) is -2.20. The van der Waals surface area contributed by atoms with Gasteiger partial charge in [0.2, 0.25) is 0 Å². The normalized spacial score (nSPS) is 11.2. The van der Waals surface area contributed by atoms with Crippen molar-refractivity contribution in [1.82, 2.24) is 10.3 Å². The molecule has 0 atom stereocenters. The SMILES string of the molecule is COc1cccc(CNNS(=O)(=O)c2ccccc2)c1OCc1ccccc1F. The van der Waals surface area contributed by atoms with Crippen LogP contribution in [0.1, 0.15) is 11.1 Å². The van der Waals surface area contributed by atoms with Crippen LogP contribution in [0.3, 0.4) is 0 Å². The van der Waals surface area contributed by atoms with Crippen LogP contribution in [-0.4, -0.2) is 15.5 Å². The van der Waals surface area contributed by atoms with Crippen molar-refractivity contribution in [3.63, 3.8) is 0 Å². The standard InChI is InChI=1S/C21H21FN2O4S/c1-27-20-13-7-9-16(21(20)28-15-17-8-5-6-12-19(17)22)14-23-24-29(25,26)18-10-3-2-4-11-18/h2-13,23-24H,14-15H2,1H3. The molecule has 3 rings (SSSR count). The van der Waals surface area contributed by atoms with E-state index in [9.17, 15) is 12.8 Å². The van der Waals surface area contributed by atoms with Crippen LogP contribution in [0.15, 0.2) is 77.7 Å². The van der Waals surface area contributed by atoms with Gasteiger partial charge in [-0.15, -0.1) is 4.83 Å². The molecular formula is C21H21FN2O4S. The molecule has 0 bridgehead atoms. The first-order valence-electron chi connectivity index (χ1n) is 8.83. The Morgan fingerprint density at radius 3 is 2.31 bits per heavy atom. The van der Waals surface area contributed by atoms with E-state index in [4.69, 9.17) is 9.47 Å². The van der Waals surface area contributed by atoms with Gasteiger partial charge in [0.05, 0.1) is 12.0 Å². The van der Waals surface area contributed by atoms with Gasteiger partial charge in [0.1, 0.15) is 12.4 Å². The molecule has 0 fully saturated rings. The van der Waals surface area contributed by atoms with E-state index < -0.39 is 10.0 Å². The average molecular weight is 416 g/mol. The van der Waals surface area contributed by atoms with Crippen molar-refractivity contribution in [3.8, 4) is 11.5 Å². The first-order valence-corrected chi connectivity index (χ1v) is 10.3. The summed E-state index contributed by atoms with van der Waals surface area (Å²) < 4.78 is 49.6. The van der Waals surface area contributed by atoms with Crippen LogP contribution in [0.2, 0.25) is 0 Å². The van der Waals surface area contributed by atoms with Crippen molar-refractivity contribution in [2.24, 2.45) is 0 Å². The van der Waals surface area contributed by atoms with E-state index in [1.165, 1.54) is 25.3 Å². The zero-order chi connectivity index (χ0) is 20.7. The first-order chi connectivity index (χ1) is 14.0. The van der Waals surface area contributed by atoms with E-state index in [0.29, 0.717) is 22.6 Å². The van der Waals surface area contributed by atoms with Crippen LogP contribution >= 0.6 is 0 Å². The van der Waals surface area contributed by atoms with E-state index in [1.807, 2.05) is 0 Å². The largest absolute Gasteiger partial charge is 0.493 e. The van der Waals surface area contributed by atoms with Crippen molar-refractivity contribution in [3.05, 3.63) is 89.7 Å². The molecule has 3 aromatic carbocycles. The van der Waals surface area contributed by atoms with Gasteiger partial charge in [-0.2, -0.15) is 0 Å². The predicted molar refractivity (Wildman–Crippen MR) is 107 cm³/mol. The molecule has 3 aromatic rings. The molecule has 0 aliphatic heterocycles. The molecule has 0 heterocycles. The third-order valence-electron chi connectivity index (χ3n) is 4.15. The molecular weight excluding hydrogens is 395 g/mol. The lowest BCUT2D eigenvalue weighted by molar-refractivity contribution is 0.276. The molecule has 2 N–H and O–H groups in total. The van der Waals surface area contributed by atoms with E-state index in [2.05, 4.69) is 10.3 Å². The average Bonchev–Trinajstić information content (AvgIpc) is 2.74. The molecule has 0 radical (unpaired) electrons. The minimum atomic E-state index is -3.70. The summed E-state index contributed by atoms with van der Waals surface area (Å²) in [5.74, 6) is 0.508. The molecule has 8 heteroatoms. The lowest BCUT2D eigenvalue weighted by Gasteiger charge is -2.16. The number of sulfonamides is 1. The highest BCUT2D eigenvalue weighted by molar-refractivity contribution is 7.89. The van der Waals surface area contributed by atoms with Crippen molar-refractivity contribution < 1.29 is 22.3 Å². The second-order valence-electron chi connectivity index (χ2n) is 6.10. The van der Waals surface area contributed by atoms with Gasteiger partial charge in [-0.3, -0.25) is 0 Å². The Kier molecular flexibility index (Phi) is 6.82. The fraction of sp³-hybridized carbons (Fsp3) is 0.143. The van der Waals surface area contributed by atoms with Gasteiger partial charge in [0, 0.05) is 17.7 Å². The van der Waals surface area contributed by atoms with E-state index in [-0.39, 0.29) is 23.9 Å². The van der Waals surface area contributed by atoms with Crippen LogP contribution in [0.5, 0.6) is 11.5 Å². The van der Waals surface area contributed by atoms with Gasteiger partial charge in [-0.1, -0.05) is 48.5 Å². The second kappa shape index (κ2) is 9.51. The predicted octanol–water partition coefficient (Wildman–Crippen LogP) is 3.40. The summed E-state index contributed by atoms with van der Waals surface area (Å²) in [5, 5.41) is 0. The molecule has 6 nitrogen and oxygen atoms in total. The molecule has 0 spiro atoms. The summed E-state index contributed by atoms with van der Waals surface area (Å²) in [5.41, 5.74) is 3.75. The van der Waals surface area contributed by atoms with Crippen LogP contribution in [-0.2, 0) is 23.2 Å². The van der Waals surface area contributed by atoms with Gasteiger partial charge < -0.3 is 9.47 Å². The highest BCUT2D eigenvalue weighted by Gasteiger charge is 2.15. The monoisotopic (exact) mass is 416 g/mol. The first kappa shape index (κ1) is 20.8. The highest BCUT2D eigenvalue weighted by Crippen LogP contribution is 2.32. The third kappa shape index (κ3) is 5.32. The number of ether oxygens (including phenoxy) is 2. The lowest BCUT2D eigenvalue weighted by atomic mass is 10.2. The number of hydrogen-bond acceptors (Lipinski definition) is 5. The Balaban J connectivity index is 1.71. The smallest absolute Gasteiger partial charge is 0.253 e. The van der Waals surface area contributed by atoms with Crippen molar-refractivity contribution in [2.45, 2.75) is 18.0 Å². The van der Waals surface area contributed by atoms with E-state index >= 15 is 0 Å². The molecule has 0 aromatic heterocycles. The number of hydrazine groups is 1. The molecule has 0 saturated heterocycles. The number of benzene rings is 3. The van der Waals surface area contributed by atoms with Gasteiger partial charge in [-0.05, 0) is 24.3 Å². The van der Waals surface area contributed by atoms with Crippen molar-refractivity contribution >= 4 is 10.0 Å². The molecule has 0 saturated carbocycles. The summed E-state index contributed by atoms with van der Waals surface area (Å²) >= 11 is 0. The summed E-state index contributed by atoms with van der Waals surface area (Å²) in [6.45, 7) is 0.145. The van der Waals surface area contributed by atoms with Crippen LogP contribution < -0.4 is 19.7 Å². The number of halogens is 1. The van der Waals surface area contributed by atoms with Crippen LogP contribution in [0, 0.1) is 5.82 Å². The maximum atomic E-state index is 13.9. The van der Waals surface area contributed by atoms with E-state index in [0.717, 1.165) is 0 Å². The molecule has 0 aliphatic rings. The Labute approximate surface area is 169 Å². The van der Waals surface area contributed by atoms with Crippen molar-refractivity contribution in [2.75, 3.05) is 7.11 Å². The number of nitrogens with one attached hydrogen (secondary N) is 2. The zero-order valence-electron chi connectivity index (χ0n) is 15.8. The zero-order valence-corrected chi connectivity index (χ0v) is 16.6. The molecule has 152 valence electrons. The van der Waals surface area contributed by atoms with Gasteiger partial charge >= 0.3 is 0 Å². The maximum absolute atomic E-state index is 13.9. The highest BCUT2D eigenvalue weighted by atomic mass is 32.2. The Hall–Kier alpha value is -2.94. The molecule has 0 unspecified atom stereocenters. The number of para-hydroxylation sites is 1. The molecule has 0 amide bonds. The van der Waals surface area contributed by atoms with Crippen molar-refractivity contribution in [1.29, 1.82) is 0 Å². The van der Waals surface area contributed by atoms with Gasteiger partial charge in [0.25, 0.3) is 10.0 Å². The summed E-state index contributed by atoms with van der Waals surface area (Å²) in [6.07, 6.45) is 0. The molecule has 29 heavy (non-hydrogen) atoms. The van der Waals surface area contributed by atoms with E-state index in [1.54, 1.807) is 54.6 Å². The quantitative estimate of drug-likeness (QED) is 0.523. The minimum Gasteiger partial charge on any atom is -0.493 e. The fourth-order valence-electron chi connectivity index (χ4n) is 2.68. The maximum Gasteiger partial charge on any atom is 0.253 e. The number of hydrogen-bond donors (Lipinski definition) is 2. The summed E-state index contributed by atoms with van der Waals surface area (Å²) in [4.78, 5) is 2.48. The lowest BCUT2D eigenvalue weighted by Crippen LogP contribution is -2.36. The second-order valence-corrected chi connectivity index (χ2v) is 7.78. The van der Waals surface area contributed by atoms with Crippen LogP contribution in [0.25, 0.3) is 0 Å². The molecule has 0 aliphatic carbocycles.